The van der Waals surface area contributed by atoms with Crippen molar-refractivity contribution in [2.45, 2.75) is 38.9 Å². The van der Waals surface area contributed by atoms with Crippen LogP contribution in [0.1, 0.15) is 42.8 Å². The lowest BCUT2D eigenvalue weighted by molar-refractivity contribution is -0.137. The zero-order valence-electron chi connectivity index (χ0n) is 11.1. The molecule has 0 fully saturated rings. The maximum atomic E-state index is 12.9. The molecule has 2 N–H and O–H groups in total. The van der Waals surface area contributed by atoms with Crippen molar-refractivity contribution in [1.82, 2.24) is 9.38 Å². The second kappa shape index (κ2) is 5.26. The summed E-state index contributed by atoms with van der Waals surface area (Å²) in [6.45, 7) is 3.69. The molecule has 20 heavy (non-hydrogen) atoms. The summed E-state index contributed by atoms with van der Waals surface area (Å²) in [5, 5.41) is -0.0297. The van der Waals surface area contributed by atoms with Crippen LogP contribution in [0.5, 0.6) is 0 Å². The molecule has 1 atom stereocenters. The molecule has 110 valence electrons. The fourth-order valence-corrected chi connectivity index (χ4v) is 2.54. The molecule has 0 aliphatic rings. The SMILES string of the molecule is CCCC(N)c1c(C)nc2c(Cl)cc(C(F)(F)F)cn12. The zero-order valence-corrected chi connectivity index (χ0v) is 11.9. The maximum absolute atomic E-state index is 12.9. The first kappa shape index (κ1) is 15.1. The Labute approximate surface area is 119 Å². The van der Waals surface area contributed by atoms with Gasteiger partial charge in [0.25, 0.3) is 0 Å². The molecule has 7 heteroatoms. The van der Waals surface area contributed by atoms with E-state index in [-0.39, 0.29) is 11.1 Å². The smallest absolute Gasteiger partial charge is 0.323 e. The van der Waals surface area contributed by atoms with Crippen LogP contribution in [-0.2, 0) is 6.18 Å². The minimum atomic E-state index is -4.46. The molecule has 2 aromatic rings. The summed E-state index contributed by atoms with van der Waals surface area (Å²) in [4.78, 5) is 4.22. The van der Waals surface area contributed by atoms with Crippen molar-refractivity contribution in [3.63, 3.8) is 0 Å². The van der Waals surface area contributed by atoms with Gasteiger partial charge in [0.15, 0.2) is 5.65 Å². The van der Waals surface area contributed by atoms with Crippen LogP contribution in [-0.4, -0.2) is 9.38 Å². The minimum Gasteiger partial charge on any atom is -0.323 e. The van der Waals surface area contributed by atoms with E-state index in [2.05, 4.69) is 4.98 Å². The minimum absolute atomic E-state index is 0.0297. The third kappa shape index (κ3) is 2.62. The van der Waals surface area contributed by atoms with E-state index in [0.29, 0.717) is 23.5 Å². The molecule has 0 aliphatic heterocycles. The molecular formula is C13H15ClF3N3. The highest BCUT2D eigenvalue weighted by Crippen LogP contribution is 2.34. The Hall–Kier alpha value is -1.27. The number of hydrogen-bond acceptors (Lipinski definition) is 2. The van der Waals surface area contributed by atoms with Gasteiger partial charge in [-0.3, -0.25) is 0 Å². The van der Waals surface area contributed by atoms with Gasteiger partial charge in [0.1, 0.15) is 0 Å². The van der Waals surface area contributed by atoms with Crippen molar-refractivity contribution in [3.05, 3.63) is 34.2 Å². The van der Waals surface area contributed by atoms with Gasteiger partial charge < -0.3 is 10.1 Å². The Kier molecular flexibility index (Phi) is 3.97. The molecule has 1 unspecified atom stereocenters. The lowest BCUT2D eigenvalue weighted by Crippen LogP contribution is -2.15. The zero-order chi connectivity index (χ0) is 15.1. The average Bonchev–Trinajstić information content (AvgIpc) is 2.65. The highest BCUT2D eigenvalue weighted by Gasteiger charge is 2.32. The van der Waals surface area contributed by atoms with Crippen LogP contribution >= 0.6 is 11.6 Å². The van der Waals surface area contributed by atoms with Crippen molar-refractivity contribution in [3.8, 4) is 0 Å². The molecule has 2 heterocycles. The summed E-state index contributed by atoms with van der Waals surface area (Å²) >= 11 is 5.91. The van der Waals surface area contributed by atoms with Gasteiger partial charge in [0.2, 0.25) is 0 Å². The predicted octanol–water partition coefficient (Wildman–Crippen LogP) is 4.11. The summed E-state index contributed by atoms with van der Waals surface area (Å²) in [6.07, 6.45) is -1.95. The molecule has 2 rings (SSSR count). The van der Waals surface area contributed by atoms with E-state index in [4.69, 9.17) is 17.3 Å². The van der Waals surface area contributed by atoms with Crippen molar-refractivity contribution >= 4 is 17.2 Å². The van der Waals surface area contributed by atoms with E-state index in [9.17, 15) is 13.2 Å². The first-order valence-electron chi connectivity index (χ1n) is 6.26. The van der Waals surface area contributed by atoms with Gasteiger partial charge in [-0.05, 0) is 19.4 Å². The molecule has 0 aliphatic carbocycles. The van der Waals surface area contributed by atoms with Gasteiger partial charge in [-0.1, -0.05) is 24.9 Å². The van der Waals surface area contributed by atoms with Crippen molar-refractivity contribution < 1.29 is 13.2 Å². The summed E-state index contributed by atoms with van der Waals surface area (Å²) in [7, 11) is 0. The highest BCUT2D eigenvalue weighted by atomic mass is 35.5. The third-order valence-corrected chi connectivity index (χ3v) is 3.45. The van der Waals surface area contributed by atoms with Gasteiger partial charge in [-0.25, -0.2) is 4.98 Å². The van der Waals surface area contributed by atoms with E-state index >= 15 is 0 Å². The molecule has 0 radical (unpaired) electrons. The Morgan fingerprint density at radius 2 is 2.10 bits per heavy atom. The number of halogens is 4. The van der Waals surface area contributed by atoms with Crippen LogP contribution < -0.4 is 5.73 Å². The van der Waals surface area contributed by atoms with Crippen LogP contribution in [0.2, 0.25) is 5.02 Å². The number of nitrogens with zero attached hydrogens (tertiary/aromatic N) is 2. The standard InChI is InChI=1S/C13H15ClF3N3/c1-3-4-10(18)11-7(2)19-12-9(14)5-8(6-20(11)12)13(15,16)17/h5-6,10H,3-4,18H2,1-2H3. The Morgan fingerprint density at radius 3 is 2.65 bits per heavy atom. The highest BCUT2D eigenvalue weighted by molar-refractivity contribution is 6.33. The second-order valence-corrected chi connectivity index (χ2v) is 5.15. The largest absolute Gasteiger partial charge is 0.417 e. The topological polar surface area (TPSA) is 43.3 Å². The normalized spacial score (nSPS) is 13.9. The Balaban J connectivity index is 2.69. The predicted molar refractivity (Wildman–Crippen MR) is 71.8 cm³/mol. The number of hydrogen-bond donors (Lipinski definition) is 1. The van der Waals surface area contributed by atoms with Crippen LogP contribution in [0.15, 0.2) is 12.3 Å². The molecule has 0 spiro atoms. The summed E-state index contributed by atoms with van der Waals surface area (Å²) in [5.74, 6) is 0. The Bertz CT molecular complexity index is 634. The monoisotopic (exact) mass is 305 g/mol. The van der Waals surface area contributed by atoms with E-state index in [1.54, 1.807) is 6.92 Å². The van der Waals surface area contributed by atoms with Crippen molar-refractivity contribution in [2.24, 2.45) is 5.73 Å². The molecule has 2 aromatic heterocycles. The van der Waals surface area contributed by atoms with Gasteiger partial charge >= 0.3 is 6.18 Å². The van der Waals surface area contributed by atoms with Crippen LogP contribution in [0, 0.1) is 6.92 Å². The number of alkyl halides is 3. The maximum Gasteiger partial charge on any atom is 0.417 e. The number of rotatable bonds is 3. The molecule has 0 amide bonds. The van der Waals surface area contributed by atoms with E-state index in [0.717, 1.165) is 18.7 Å². The molecule has 0 saturated carbocycles. The molecule has 0 bridgehead atoms. The fourth-order valence-electron chi connectivity index (χ4n) is 2.28. The lowest BCUT2D eigenvalue weighted by Gasteiger charge is -2.13. The van der Waals surface area contributed by atoms with Crippen molar-refractivity contribution in [2.75, 3.05) is 0 Å². The van der Waals surface area contributed by atoms with Gasteiger partial charge in [-0.2, -0.15) is 13.2 Å². The van der Waals surface area contributed by atoms with Gasteiger partial charge in [-0.15, -0.1) is 0 Å². The van der Waals surface area contributed by atoms with E-state index in [1.807, 2.05) is 6.92 Å². The van der Waals surface area contributed by atoms with Crippen LogP contribution in [0.4, 0.5) is 13.2 Å². The molecule has 0 saturated heterocycles. The third-order valence-electron chi connectivity index (χ3n) is 3.17. The van der Waals surface area contributed by atoms with Gasteiger partial charge in [0, 0.05) is 12.2 Å². The van der Waals surface area contributed by atoms with Crippen molar-refractivity contribution in [1.29, 1.82) is 0 Å². The summed E-state index contributed by atoms with van der Waals surface area (Å²) < 4.78 is 39.9. The fraction of sp³-hybridized carbons (Fsp3) is 0.462. The van der Waals surface area contributed by atoms with E-state index < -0.39 is 11.7 Å². The number of aromatic nitrogens is 2. The quantitative estimate of drug-likeness (QED) is 0.927. The van der Waals surface area contributed by atoms with Crippen LogP contribution in [0.25, 0.3) is 5.65 Å². The Morgan fingerprint density at radius 1 is 1.45 bits per heavy atom. The summed E-state index contributed by atoms with van der Waals surface area (Å²) in [5.41, 5.74) is 6.72. The number of nitrogens with two attached hydrogens (primary N) is 1. The van der Waals surface area contributed by atoms with E-state index in [1.165, 1.54) is 4.40 Å². The molecular weight excluding hydrogens is 291 g/mol. The summed E-state index contributed by atoms with van der Waals surface area (Å²) in [6, 6.07) is 0.521. The molecule has 0 aromatic carbocycles. The number of fused-ring (bicyclic) bond motifs is 1. The first-order valence-corrected chi connectivity index (χ1v) is 6.64. The first-order chi connectivity index (χ1) is 9.25. The number of pyridine rings is 1. The molecule has 3 nitrogen and oxygen atoms in total. The average molecular weight is 306 g/mol. The van der Waals surface area contributed by atoms with Crippen LogP contribution in [0.3, 0.4) is 0 Å². The number of imidazole rings is 1. The van der Waals surface area contributed by atoms with Gasteiger partial charge in [0.05, 0.1) is 22.0 Å². The second-order valence-electron chi connectivity index (χ2n) is 4.75. The lowest BCUT2D eigenvalue weighted by atomic mass is 10.1. The number of aryl methyl sites for hydroxylation is 1.